The van der Waals surface area contributed by atoms with Gasteiger partial charge in [-0.15, -0.1) is 0 Å². The van der Waals surface area contributed by atoms with Crippen LogP contribution in [0.2, 0.25) is 0 Å². The summed E-state index contributed by atoms with van der Waals surface area (Å²) in [4.78, 5) is 41.6. The molecule has 1 fully saturated rings. The molecule has 2 N–H and O–H groups in total. The van der Waals surface area contributed by atoms with Gasteiger partial charge in [-0.1, -0.05) is 18.2 Å². The van der Waals surface area contributed by atoms with Crippen molar-refractivity contribution in [2.45, 2.75) is 6.54 Å². The first kappa shape index (κ1) is 20.0. The first-order chi connectivity index (χ1) is 15.0. The number of carbonyl (C=O) groups is 3. The summed E-state index contributed by atoms with van der Waals surface area (Å²) in [6.45, 7) is -0.0534. The van der Waals surface area contributed by atoms with Gasteiger partial charge in [0.2, 0.25) is 11.8 Å². The Morgan fingerprint density at radius 1 is 1.10 bits per heavy atom. The standard InChI is InChI=1S/C22H17FN4O4/c23-15-5-8-17(9-6-15)31-19-10-7-16(11-24-19)26-21(29)18-4-2-1-3-14(18)13-27-20(28)12-25-22(27)30/h1-11H,12-13H2,(H,25,30)(H,26,29). The SMILES string of the molecule is O=C(Nc1ccc(Oc2ccc(F)cc2)nc1)c1ccccc1CN1C(=O)CNC1=O. The highest BCUT2D eigenvalue weighted by molar-refractivity contribution is 6.06. The molecule has 8 nitrogen and oxygen atoms in total. The maximum absolute atomic E-state index is 13.0. The quantitative estimate of drug-likeness (QED) is 0.596. The smallest absolute Gasteiger partial charge is 0.324 e. The van der Waals surface area contributed by atoms with Crippen LogP contribution in [-0.4, -0.2) is 34.3 Å². The van der Waals surface area contributed by atoms with E-state index < -0.39 is 11.9 Å². The number of urea groups is 1. The molecule has 0 saturated carbocycles. The number of nitrogens with zero attached hydrogens (tertiary/aromatic N) is 2. The number of ether oxygens (including phenoxy) is 1. The number of amides is 4. The Balaban J connectivity index is 1.44. The minimum Gasteiger partial charge on any atom is -0.439 e. The van der Waals surface area contributed by atoms with Crippen LogP contribution in [0.15, 0.2) is 66.9 Å². The molecule has 31 heavy (non-hydrogen) atoms. The lowest BCUT2D eigenvalue weighted by Crippen LogP contribution is -2.31. The fraction of sp³-hybridized carbons (Fsp3) is 0.0909. The Labute approximate surface area is 176 Å². The van der Waals surface area contributed by atoms with E-state index in [1.165, 1.54) is 30.5 Å². The number of anilines is 1. The van der Waals surface area contributed by atoms with Crippen LogP contribution in [0.4, 0.5) is 14.9 Å². The van der Waals surface area contributed by atoms with Gasteiger partial charge in [0, 0.05) is 11.6 Å². The summed E-state index contributed by atoms with van der Waals surface area (Å²) in [5, 5.41) is 5.19. The van der Waals surface area contributed by atoms with E-state index in [1.807, 2.05) is 0 Å². The molecule has 0 spiro atoms. The molecule has 9 heteroatoms. The van der Waals surface area contributed by atoms with Crippen LogP contribution in [0.1, 0.15) is 15.9 Å². The molecule has 0 unspecified atom stereocenters. The number of imide groups is 1. The summed E-state index contributed by atoms with van der Waals surface area (Å²) in [7, 11) is 0. The third-order valence-electron chi connectivity index (χ3n) is 4.56. The lowest BCUT2D eigenvalue weighted by molar-refractivity contribution is -0.125. The minimum atomic E-state index is -0.485. The van der Waals surface area contributed by atoms with E-state index in [-0.39, 0.29) is 30.7 Å². The molecule has 156 valence electrons. The van der Waals surface area contributed by atoms with Crippen molar-refractivity contribution in [3.63, 3.8) is 0 Å². The zero-order chi connectivity index (χ0) is 21.8. The number of rotatable bonds is 6. The van der Waals surface area contributed by atoms with Gasteiger partial charge >= 0.3 is 6.03 Å². The van der Waals surface area contributed by atoms with Crippen molar-refractivity contribution >= 4 is 23.5 Å². The van der Waals surface area contributed by atoms with Gasteiger partial charge in [0.15, 0.2) is 0 Å². The molecular formula is C22H17FN4O4. The van der Waals surface area contributed by atoms with Crippen molar-refractivity contribution in [1.29, 1.82) is 0 Å². The predicted molar refractivity (Wildman–Crippen MR) is 109 cm³/mol. The van der Waals surface area contributed by atoms with Crippen LogP contribution in [0.25, 0.3) is 0 Å². The molecule has 0 radical (unpaired) electrons. The topological polar surface area (TPSA) is 101 Å². The average molecular weight is 420 g/mol. The number of halogens is 1. The van der Waals surface area contributed by atoms with Crippen molar-refractivity contribution in [3.05, 3.63) is 83.8 Å². The van der Waals surface area contributed by atoms with E-state index in [0.717, 1.165) is 4.90 Å². The van der Waals surface area contributed by atoms with E-state index in [1.54, 1.807) is 36.4 Å². The zero-order valence-electron chi connectivity index (χ0n) is 16.2. The summed E-state index contributed by atoms with van der Waals surface area (Å²) < 4.78 is 18.5. The van der Waals surface area contributed by atoms with E-state index >= 15 is 0 Å². The largest absolute Gasteiger partial charge is 0.439 e. The minimum absolute atomic E-state index is 0.00302. The highest BCUT2D eigenvalue weighted by Gasteiger charge is 2.29. The van der Waals surface area contributed by atoms with Gasteiger partial charge in [-0.25, -0.2) is 14.2 Å². The Kier molecular flexibility index (Phi) is 5.57. The molecule has 4 amide bonds. The number of nitrogens with one attached hydrogen (secondary N) is 2. The number of pyridine rings is 1. The number of aromatic nitrogens is 1. The summed E-state index contributed by atoms with van der Waals surface area (Å²) in [5.41, 5.74) is 1.30. The Morgan fingerprint density at radius 2 is 1.87 bits per heavy atom. The maximum atomic E-state index is 13.0. The molecule has 1 aromatic heterocycles. The normalized spacial score (nSPS) is 13.1. The van der Waals surface area contributed by atoms with Crippen molar-refractivity contribution in [3.8, 4) is 11.6 Å². The van der Waals surface area contributed by atoms with Crippen LogP contribution < -0.4 is 15.4 Å². The van der Waals surface area contributed by atoms with Gasteiger partial charge < -0.3 is 15.4 Å². The van der Waals surface area contributed by atoms with Crippen molar-refractivity contribution in [1.82, 2.24) is 15.2 Å². The lowest BCUT2D eigenvalue weighted by Gasteiger charge is -2.15. The van der Waals surface area contributed by atoms with E-state index in [4.69, 9.17) is 4.74 Å². The second kappa shape index (κ2) is 8.62. The van der Waals surface area contributed by atoms with Crippen LogP contribution in [-0.2, 0) is 11.3 Å². The molecule has 0 aliphatic carbocycles. The molecule has 0 atom stereocenters. The molecule has 2 heterocycles. The molecule has 1 aliphatic heterocycles. The fourth-order valence-corrected chi connectivity index (χ4v) is 3.00. The summed E-state index contributed by atoms with van der Waals surface area (Å²) >= 11 is 0. The van der Waals surface area contributed by atoms with Crippen molar-refractivity contribution < 1.29 is 23.5 Å². The van der Waals surface area contributed by atoms with Gasteiger partial charge in [0.05, 0.1) is 25.0 Å². The van der Waals surface area contributed by atoms with Crippen molar-refractivity contribution in [2.24, 2.45) is 0 Å². The van der Waals surface area contributed by atoms with Crippen molar-refractivity contribution in [2.75, 3.05) is 11.9 Å². The number of carbonyl (C=O) groups excluding carboxylic acids is 3. The Hall–Kier alpha value is -4.27. The Morgan fingerprint density at radius 3 is 2.55 bits per heavy atom. The number of benzene rings is 2. The molecule has 4 rings (SSSR count). The highest BCUT2D eigenvalue weighted by Crippen LogP contribution is 2.21. The highest BCUT2D eigenvalue weighted by atomic mass is 19.1. The molecule has 1 saturated heterocycles. The Bertz CT molecular complexity index is 1120. The molecule has 0 bridgehead atoms. The third-order valence-corrected chi connectivity index (χ3v) is 4.56. The number of hydrogen-bond acceptors (Lipinski definition) is 5. The van der Waals surface area contributed by atoms with Crippen LogP contribution in [0.5, 0.6) is 11.6 Å². The van der Waals surface area contributed by atoms with Crippen LogP contribution in [0.3, 0.4) is 0 Å². The summed E-state index contributed by atoms with van der Waals surface area (Å²) in [5.74, 6) is -0.408. The monoisotopic (exact) mass is 420 g/mol. The second-order valence-electron chi connectivity index (χ2n) is 6.69. The zero-order valence-corrected chi connectivity index (χ0v) is 16.2. The first-order valence-corrected chi connectivity index (χ1v) is 9.36. The first-order valence-electron chi connectivity index (χ1n) is 9.36. The number of hydrogen-bond donors (Lipinski definition) is 2. The van der Waals surface area contributed by atoms with Gasteiger partial charge in [-0.3, -0.25) is 14.5 Å². The van der Waals surface area contributed by atoms with E-state index in [0.29, 0.717) is 22.6 Å². The third kappa shape index (κ3) is 4.67. The maximum Gasteiger partial charge on any atom is 0.324 e. The van der Waals surface area contributed by atoms with E-state index in [9.17, 15) is 18.8 Å². The summed E-state index contributed by atoms with van der Waals surface area (Å²) in [6, 6.07) is 14.9. The summed E-state index contributed by atoms with van der Waals surface area (Å²) in [6.07, 6.45) is 1.43. The van der Waals surface area contributed by atoms with Crippen LogP contribution in [0, 0.1) is 5.82 Å². The van der Waals surface area contributed by atoms with Gasteiger partial charge in [0.1, 0.15) is 11.6 Å². The van der Waals surface area contributed by atoms with Gasteiger partial charge in [-0.05, 0) is 42.0 Å². The second-order valence-corrected chi connectivity index (χ2v) is 6.69. The lowest BCUT2D eigenvalue weighted by atomic mass is 10.1. The fourth-order valence-electron chi connectivity index (χ4n) is 3.00. The van der Waals surface area contributed by atoms with E-state index in [2.05, 4.69) is 15.6 Å². The molecular weight excluding hydrogens is 403 g/mol. The van der Waals surface area contributed by atoms with Gasteiger partial charge in [0.25, 0.3) is 5.91 Å². The van der Waals surface area contributed by atoms with Crippen LogP contribution >= 0.6 is 0 Å². The average Bonchev–Trinajstić information content (AvgIpc) is 3.09. The molecule has 3 aromatic rings. The molecule has 1 aliphatic rings. The van der Waals surface area contributed by atoms with Gasteiger partial charge in [-0.2, -0.15) is 0 Å². The predicted octanol–water partition coefficient (Wildman–Crippen LogP) is 3.32. The molecule has 2 aromatic carbocycles.